The van der Waals surface area contributed by atoms with E-state index in [0.29, 0.717) is 18.2 Å². The third-order valence-corrected chi connectivity index (χ3v) is 2.70. The molecule has 0 aromatic rings. The van der Waals surface area contributed by atoms with Gasteiger partial charge in [0.05, 0.1) is 6.17 Å². The van der Waals surface area contributed by atoms with Gasteiger partial charge < -0.3 is 0 Å². The highest BCUT2D eigenvalue weighted by Gasteiger charge is 2.30. The molecule has 0 bridgehead atoms. The van der Waals surface area contributed by atoms with Gasteiger partial charge in [-0.25, -0.2) is 0 Å². The second-order valence-corrected chi connectivity index (χ2v) is 3.29. The zero-order valence-electron chi connectivity index (χ0n) is 7.39. The van der Waals surface area contributed by atoms with Crippen molar-refractivity contribution in [3.63, 3.8) is 0 Å². The van der Waals surface area contributed by atoms with E-state index in [1.807, 2.05) is 0 Å². The smallest absolute Gasteiger partial charge is 0.0597 e. The predicted octanol–water partition coefficient (Wildman–Crippen LogP) is 1.03. The molecular formula is C8H18N2. The van der Waals surface area contributed by atoms with E-state index in [1.54, 1.807) is 0 Å². The van der Waals surface area contributed by atoms with E-state index in [4.69, 9.17) is 0 Å². The number of rotatable bonds is 1. The van der Waals surface area contributed by atoms with Crippen LogP contribution in [0.1, 0.15) is 27.2 Å². The molecule has 10 heavy (non-hydrogen) atoms. The standard InChI is InChI=1S/C8H18N2/c1-5-8-9-6(2)7(3)10(8)4/h6-9H,5H2,1-4H3. The van der Waals surface area contributed by atoms with Crippen LogP contribution in [0.3, 0.4) is 0 Å². The summed E-state index contributed by atoms with van der Waals surface area (Å²) >= 11 is 0. The van der Waals surface area contributed by atoms with Crippen molar-refractivity contribution in [2.24, 2.45) is 0 Å². The van der Waals surface area contributed by atoms with Gasteiger partial charge in [-0.3, -0.25) is 10.2 Å². The number of nitrogens with zero attached hydrogens (tertiary/aromatic N) is 1. The molecule has 1 aliphatic heterocycles. The molecular weight excluding hydrogens is 124 g/mol. The predicted molar refractivity (Wildman–Crippen MR) is 43.9 cm³/mol. The molecule has 0 saturated carbocycles. The van der Waals surface area contributed by atoms with Gasteiger partial charge >= 0.3 is 0 Å². The Bertz CT molecular complexity index is 114. The summed E-state index contributed by atoms with van der Waals surface area (Å²) < 4.78 is 0. The molecule has 2 nitrogen and oxygen atoms in total. The minimum Gasteiger partial charge on any atom is -0.298 e. The van der Waals surface area contributed by atoms with Crippen molar-refractivity contribution in [2.45, 2.75) is 45.4 Å². The molecule has 0 radical (unpaired) electrons. The first-order valence-electron chi connectivity index (χ1n) is 4.14. The largest absolute Gasteiger partial charge is 0.298 e. The monoisotopic (exact) mass is 142 g/mol. The Labute approximate surface area is 63.6 Å². The minimum absolute atomic E-state index is 0.602. The van der Waals surface area contributed by atoms with Gasteiger partial charge in [0.2, 0.25) is 0 Å². The number of hydrogen-bond acceptors (Lipinski definition) is 2. The fourth-order valence-electron chi connectivity index (χ4n) is 1.60. The van der Waals surface area contributed by atoms with Crippen LogP contribution in [0.15, 0.2) is 0 Å². The van der Waals surface area contributed by atoms with Gasteiger partial charge in [0.15, 0.2) is 0 Å². The first kappa shape index (κ1) is 8.02. The first-order valence-corrected chi connectivity index (χ1v) is 4.14. The van der Waals surface area contributed by atoms with Gasteiger partial charge in [0.25, 0.3) is 0 Å². The molecule has 0 amide bonds. The molecule has 1 heterocycles. The van der Waals surface area contributed by atoms with Crippen LogP contribution in [-0.4, -0.2) is 30.2 Å². The van der Waals surface area contributed by atoms with Gasteiger partial charge in [0.1, 0.15) is 0 Å². The van der Waals surface area contributed by atoms with Gasteiger partial charge in [0, 0.05) is 12.1 Å². The molecule has 3 atom stereocenters. The number of hydrogen-bond donors (Lipinski definition) is 1. The summed E-state index contributed by atoms with van der Waals surface area (Å²) in [5.74, 6) is 0. The summed E-state index contributed by atoms with van der Waals surface area (Å²) in [5, 5.41) is 3.53. The Balaban J connectivity index is 2.53. The average molecular weight is 142 g/mol. The molecule has 1 saturated heterocycles. The minimum atomic E-state index is 0.602. The molecule has 0 spiro atoms. The summed E-state index contributed by atoms with van der Waals surface area (Å²) in [6.07, 6.45) is 1.80. The summed E-state index contributed by atoms with van der Waals surface area (Å²) in [7, 11) is 2.19. The van der Waals surface area contributed by atoms with E-state index in [1.165, 1.54) is 6.42 Å². The lowest BCUT2D eigenvalue weighted by Gasteiger charge is -2.20. The highest BCUT2D eigenvalue weighted by molar-refractivity contribution is 4.88. The molecule has 1 aliphatic rings. The Morgan fingerprint density at radius 2 is 2.00 bits per heavy atom. The van der Waals surface area contributed by atoms with Crippen molar-refractivity contribution in [1.29, 1.82) is 0 Å². The van der Waals surface area contributed by atoms with E-state index in [0.717, 1.165) is 0 Å². The molecule has 0 aromatic heterocycles. The van der Waals surface area contributed by atoms with Crippen LogP contribution >= 0.6 is 0 Å². The van der Waals surface area contributed by atoms with Crippen LogP contribution in [0.5, 0.6) is 0 Å². The fraction of sp³-hybridized carbons (Fsp3) is 1.00. The van der Waals surface area contributed by atoms with E-state index < -0.39 is 0 Å². The van der Waals surface area contributed by atoms with E-state index in [9.17, 15) is 0 Å². The Morgan fingerprint density at radius 3 is 2.20 bits per heavy atom. The van der Waals surface area contributed by atoms with Crippen LogP contribution < -0.4 is 5.32 Å². The molecule has 0 aromatic carbocycles. The molecule has 3 unspecified atom stereocenters. The van der Waals surface area contributed by atoms with Crippen molar-refractivity contribution in [3.8, 4) is 0 Å². The quantitative estimate of drug-likeness (QED) is 0.588. The molecule has 0 aliphatic carbocycles. The van der Waals surface area contributed by atoms with Crippen LogP contribution in [0, 0.1) is 0 Å². The Morgan fingerprint density at radius 1 is 1.40 bits per heavy atom. The number of nitrogens with one attached hydrogen (secondary N) is 1. The Kier molecular flexibility index (Phi) is 2.32. The fourth-order valence-corrected chi connectivity index (χ4v) is 1.60. The zero-order chi connectivity index (χ0) is 7.72. The highest BCUT2D eigenvalue weighted by atomic mass is 15.3. The van der Waals surface area contributed by atoms with Crippen LogP contribution in [0.4, 0.5) is 0 Å². The molecule has 60 valence electrons. The Hall–Kier alpha value is -0.0800. The zero-order valence-corrected chi connectivity index (χ0v) is 7.39. The van der Waals surface area contributed by atoms with Crippen molar-refractivity contribution < 1.29 is 0 Å². The molecule has 1 N–H and O–H groups in total. The third-order valence-electron chi connectivity index (χ3n) is 2.70. The van der Waals surface area contributed by atoms with Crippen molar-refractivity contribution in [3.05, 3.63) is 0 Å². The van der Waals surface area contributed by atoms with Gasteiger partial charge in [-0.1, -0.05) is 6.92 Å². The van der Waals surface area contributed by atoms with Crippen molar-refractivity contribution in [1.82, 2.24) is 10.2 Å². The lowest BCUT2D eigenvalue weighted by molar-refractivity contribution is 0.238. The summed E-state index contributed by atoms with van der Waals surface area (Å²) in [4.78, 5) is 2.41. The third kappa shape index (κ3) is 1.18. The van der Waals surface area contributed by atoms with Gasteiger partial charge in [-0.05, 0) is 27.3 Å². The highest BCUT2D eigenvalue weighted by Crippen LogP contribution is 2.15. The molecule has 1 rings (SSSR count). The number of likely N-dealkylation sites (N-methyl/N-ethyl adjacent to an activating group) is 1. The average Bonchev–Trinajstić information content (AvgIpc) is 2.17. The van der Waals surface area contributed by atoms with Crippen LogP contribution in [-0.2, 0) is 0 Å². The maximum absolute atomic E-state index is 3.53. The van der Waals surface area contributed by atoms with Crippen molar-refractivity contribution in [2.75, 3.05) is 7.05 Å². The van der Waals surface area contributed by atoms with E-state index >= 15 is 0 Å². The van der Waals surface area contributed by atoms with Gasteiger partial charge in [-0.15, -0.1) is 0 Å². The normalized spacial score (nSPS) is 42.6. The lowest BCUT2D eigenvalue weighted by atomic mass is 10.2. The molecule has 2 heteroatoms. The summed E-state index contributed by atoms with van der Waals surface area (Å²) in [6.45, 7) is 6.74. The van der Waals surface area contributed by atoms with Crippen LogP contribution in [0.2, 0.25) is 0 Å². The topological polar surface area (TPSA) is 15.3 Å². The second-order valence-electron chi connectivity index (χ2n) is 3.29. The maximum Gasteiger partial charge on any atom is 0.0597 e. The van der Waals surface area contributed by atoms with Gasteiger partial charge in [-0.2, -0.15) is 0 Å². The SMILES string of the molecule is CCC1NC(C)C(C)N1C. The lowest BCUT2D eigenvalue weighted by Crippen LogP contribution is -2.33. The van der Waals surface area contributed by atoms with Crippen LogP contribution in [0.25, 0.3) is 0 Å². The van der Waals surface area contributed by atoms with Crippen molar-refractivity contribution >= 4 is 0 Å². The van der Waals surface area contributed by atoms with E-state index in [2.05, 4.69) is 38.0 Å². The molecule has 1 fully saturated rings. The van der Waals surface area contributed by atoms with E-state index in [-0.39, 0.29) is 0 Å². The first-order chi connectivity index (χ1) is 4.66. The summed E-state index contributed by atoms with van der Waals surface area (Å²) in [6, 6.07) is 1.33. The second kappa shape index (κ2) is 2.89. The summed E-state index contributed by atoms with van der Waals surface area (Å²) in [5.41, 5.74) is 0. The maximum atomic E-state index is 3.53.